The molecule has 0 aliphatic carbocycles. The van der Waals surface area contributed by atoms with Gasteiger partial charge < -0.3 is 5.32 Å². The molecule has 0 aliphatic rings. The normalized spacial score (nSPS) is 13.4. The van der Waals surface area contributed by atoms with Gasteiger partial charge in [-0.2, -0.15) is 0 Å². The molecular formula is C19H23NO. The molecule has 21 heavy (non-hydrogen) atoms. The smallest absolute Gasteiger partial charge is 0.227 e. The van der Waals surface area contributed by atoms with Gasteiger partial charge in [-0.1, -0.05) is 60.7 Å². The van der Waals surface area contributed by atoms with Gasteiger partial charge in [-0.25, -0.2) is 0 Å². The molecule has 2 heteroatoms. The van der Waals surface area contributed by atoms with Crippen LogP contribution in [0.2, 0.25) is 0 Å². The minimum absolute atomic E-state index is 0.0989. The molecule has 1 amide bonds. The van der Waals surface area contributed by atoms with E-state index in [2.05, 4.69) is 36.5 Å². The summed E-state index contributed by atoms with van der Waals surface area (Å²) in [5.41, 5.74) is 2.37. The quantitative estimate of drug-likeness (QED) is 0.854. The van der Waals surface area contributed by atoms with E-state index in [1.807, 2.05) is 43.3 Å². The number of carbonyl (C=O) groups is 1. The minimum Gasteiger partial charge on any atom is -0.353 e. The van der Waals surface area contributed by atoms with Gasteiger partial charge in [0, 0.05) is 6.04 Å². The van der Waals surface area contributed by atoms with Crippen LogP contribution in [0.15, 0.2) is 60.7 Å². The second-order valence-corrected chi connectivity index (χ2v) is 5.57. The van der Waals surface area contributed by atoms with Crippen LogP contribution in [-0.2, 0) is 11.2 Å². The van der Waals surface area contributed by atoms with E-state index in [0.717, 1.165) is 18.4 Å². The van der Waals surface area contributed by atoms with Crippen molar-refractivity contribution in [1.82, 2.24) is 5.32 Å². The van der Waals surface area contributed by atoms with E-state index in [1.165, 1.54) is 5.56 Å². The highest BCUT2D eigenvalue weighted by Gasteiger charge is 2.16. The highest BCUT2D eigenvalue weighted by molar-refractivity contribution is 5.83. The van der Waals surface area contributed by atoms with Gasteiger partial charge >= 0.3 is 0 Å². The van der Waals surface area contributed by atoms with Crippen LogP contribution in [0, 0.1) is 0 Å². The Kier molecular flexibility index (Phi) is 5.56. The van der Waals surface area contributed by atoms with Crippen LogP contribution in [0.25, 0.3) is 0 Å². The molecule has 2 aromatic rings. The van der Waals surface area contributed by atoms with E-state index in [4.69, 9.17) is 0 Å². The van der Waals surface area contributed by atoms with Crippen LogP contribution in [-0.4, -0.2) is 11.9 Å². The largest absolute Gasteiger partial charge is 0.353 e. The first-order chi connectivity index (χ1) is 10.2. The molecule has 2 nitrogen and oxygen atoms in total. The zero-order valence-corrected chi connectivity index (χ0v) is 12.8. The maximum absolute atomic E-state index is 12.3. The standard InChI is InChI=1S/C19H23NO/c1-15(13-14-17-9-5-3-6-10-17)20-19(21)16(2)18-11-7-4-8-12-18/h3-12,15-16H,13-14H2,1-2H3,(H,20,21). The number of hydrogen-bond donors (Lipinski definition) is 1. The number of carbonyl (C=O) groups excluding carboxylic acids is 1. The predicted octanol–water partition coefficient (Wildman–Crippen LogP) is 3.93. The molecule has 2 aromatic carbocycles. The van der Waals surface area contributed by atoms with E-state index >= 15 is 0 Å². The fourth-order valence-electron chi connectivity index (χ4n) is 2.36. The molecule has 110 valence electrons. The Bertz CT molecular complexity index is 550. The lowest BCUT2D eigenvalue weighted by atomic mass is 9.99. The van der Waals surface area contributed by atoms with Crippen LogP contribution in [0.4, 0.5) is 0 Å². The first kappa shape index (κ1) is 15.3. The molecule has 0 aromatic heterocycles. The van der Waals surface area contributed by atoms with Crippen molar-refractivity contribution in [3.05, 3.63) is 71.8 Å². The van der Waals surface area contributed by atoms with E-state index in [-0.39, 0.29) is 17.9 Å². The second-order valence-electron chi connectivity index (χ2n) is 5.57. The summed E-state index contributed by atoms with van der Waals surface area (Å²) in [7, 11) is 0. The number of nitrogens with one attached hydrogen (secondary N) is 1. The summed E-state index contributed by atoms with van der Waals surface area (Å²) in [6, 6.07) is 20.5. The molecule has 1 N–H and O–H groups in total. The number of rotatable bonds is 6. The van der Waals surface area contributed by atoms with E-state index < -0.39 is 0 Å². The summed E-state index contributed by atoms with van der Waals surface area (Å²) < 4.78 is 0. The van der Waals surface area contributed by atoms with Gasteiger partial charge in [-0.05, 0) is 37.8 Å². The fourth-order valence-corrected chi connectivity index (χ4v) is 2.36. The number of aryl methyl sites for hydroxylation is 1. The Hall–Kier alpha value is -2.09. The van der Waals surface area contributed by atoms with Crippen LogP contribution in [0.3, 0.4) is 0 Å². The van der Waals surface area contributed by atoms with Crippen LogP contribution in [0.1, 0.15) is 37.3 Å². The lowest BCUT2D eigenvalue weighted by molar-refractivity contribution is -0.122. The van der Waals surface area contributed by atoms with E-state index in [9.17, 15) is 4.79 Å². The molecule has 0 spiro atoms. The highest BCUT2D eigenvalue weighted by Crippen LogP contribution is 2.15. The van der Waals surface area contributed by atoms with Crippen LogP contribution < -0.4 is 5.32 Å². The molecule has 0 saturated carbocycles. The first-order valence-electron chi connectivity index (χ1n) is 7.56. The molecule has 0 fully saturated rings. The van der Waals surface area contributed by atoms with Gasteiger partial charge in [0.05, 0.1) is 5.92 Å². The number of amides is 1. The van der Waals surface area contributed by atoms with Crippen molar-refractivity contribution in [3.8, 4) is 0 Å². The topological polar surface area (TPSA) is 29.1 Å². The Balaban J connectivity index is 1.82. The summed E-state index contributed by atoms with van der Waals surface area (Å²) in [4.78, 5) is 12.3. The average Bonchev–Trinajstić information content (AvgIpc) is 2.54. The van der Waals surface area contributed by atoms with Gasteiger partial charge in [0.2, 0.25) is 5.91 Å². The third kappa shape index (κ3) is 4.75. The molecular weight excluding hydrogens is 258 g/mol. The Labute approximate surface area is 127 Å². The number of benzene rings is 2. The van der Waals surface area contributed by atoms with Crippen molar-refractivity contribution in [3.63, 3.8) is 0 Å². The average molecular weight is 281 g/mol. The van der Waals surface area contributed by atoms with Crippen molar-refractivity contribution in [1.29, 1.82) is 0 Å². The molecule has 0 aliphatic heterocycles. The van der Waals surface area contributed by atoms with Gasteiger partial charge in [0.15, 0.2) is 0 Å². The SMILES string of the molecule is CC(CCc1ccccc1)NC(=O)C(C)c1ccccc1. The molecule has 2 rings (SSSR count). The van der Waals surface area contributed by atoms with E-state index in [1.54, 1.807) is 0 Å². The molecule has 0 heterocycles. The molecule has 0 saturated heterocycles. The van der Waals surface area contributed by atoms with Gasteiger partial charge in [-0.3, -0.25) is 4.79 Å². The van der Waals surface area contributed by atoms with Crippen molar-refractivity contribution in [2.24, 2.45) is 0 Å². The van der Waals surface area contributed by atoms with Crippen molar-refractivity contribution < 1.29 is 4.79 Å². The molecule has 0 bridgehead atoms. The maximum Gasteiger partial charge on any atom is 0.227 e. The zero-order chi connectivity index (χ0) is 15.1. The second kappa shape index (κ2) is 7.63. The van der Waals surface area contributed by atoms with Crippen molar-refractivity contribution >= 4 is 5.91 Å². The minimum atomic E-state index is -0.106. The van der Waals surface area contributed by atoms with Gasteiger partial charge in [0.25, 0.3) is 0 Å². The van der Waals surface area contributed by atoms with E-state index in [0.29, 0.717) is 0 Å². The maximum atomic E-state index is 12.3. The lowest BCUT2D eigenvalue weighted by Crippen LogP contribution is -2.35. The molecule has 0 radical (unpaired) electrons. The summed E-state index contributed by atoms with van der Waals surface area (Å²) in [5.74, 6) is -0.00728. The lowest BCUT2D eigenvalue weighted by Gasteiger charge is -2.18. The Morgan fingerprint density at radius 3 is 2.14 bits per heavy atom. The van der Waals surface area contributed by atoms with Gasteiger partial charge in [-0.15, -0.1) is 0 Å². The Morgan fingerprint density at radius 1 is 0.952 bits per heavy atom. The molecule has 2 atom stereocenters. The Morgan fingerprint density at radius 2 is 1.52 bits per heavy atom. The summed E-state index contributed by atoms with van der Waals surface area (Å²) >= 11 is 0. The molecule has 2 unspecified atom stereocenters. The van der Waals surface area contributed by atoms with Crippen LogP contribution in [0.5, 0.6) is 0 Å². The zero-order valence-electron chi connectivity index (χ0n) is 12.8. The predicted molar refractivity (Wildman–Crippen MR) is 87.2 cm³/mol. The fraction of sp³-hybridized carbons (Fsp3) is 0.316. The summed E-state index contributed by atoms with van der Waals surface area (Å²) in [6.07, 6.45) is 1.94. The third-order valence-corrected chi connectivity index (χ3v) is 3.79. The monoisotopic (exact) mass is 281 g/mol. The third-order valence-electron chi connectivity index (χ3n) is 3.79. The van der Waals surface area contributed by atoms with Gasteiger partial charge in [0.1, 0.15) is 0 Å². The first-order valence-corrected chi connectivity index (χ1v) is 7.56. The van der Waals surface area contributed by atoms with Crippen molar-refractivity contribution in [2.45, 2.75) is 38.6 Å². The summed E-state index contributed by atoms with van der Waals surface area (Å²) in [5, 5.41) is 3.11. The van der Waals surface area contributed by atoms with Crippen LogP contribution >= 0.6 is 0 Å². The van der Waals surface area contributed by atoms with Crippen molar-refractivity contribution in [2.75, 3.05) is 0 Å². The highest BCUT2D eigenvalue weighted by atomic mass is 16.1. The number of hydrogen-bond acceptors (Lipinski definition) is 1. The summed E-state index contributed by atoms with van der Waals surface area (Å²) in [6.45, 7) is 4.02.